The Hall–Kier alpha value is -2.79. The quantitative estimate of drug-likeness (QED) is 0.751. The van der Waals surface area contributed by atoms with Crippen LogP contribution in [0.25, 0.3) is 22.2 Å². The van der Waals surface area contributed by atoms with Crippen LogP contribution in [-0.2, 0) is 0 Å². The lowest BCUT2D eigenvalue weighted by atomic mass is 10.0. The smallest absolute Gasteiger partial charge is 0.252 e. The first-order valence-corrected chi connectivity index (χ1v) is 8.32. The number of benzene rings is 1. The van der Waals surface area contributed by atoms with E-state index in [-0.39, 0.29) is 18.4 Å². The van der Waals surface area contributed by atoms with E-state index in [1.807, 2.05) is 50.2 Å². The number of nitrogens with zero attached hydrogens (tertiary/aromatic N) is 2. The molecule has 0 radical (unpaired) electrons. The SMILES string of the molecule is CC(C)C(O)CNC(=O)c1cc(-c2cccnc2)nc2ccccc12. The molecule has 2 aromatic heterocycles. The summed E-state index contributed by atoms with van der Waals surface area (Å²) in [4.78, 5) is 21.5. The van der Waals surface area contributed by atoms with E-state index < -0.39 is 6.10 Å². The standard InChI is InChI=1S/C20H21N3O2/c1-13(2)19(24)12-22-20(25)16-10-18(14-6-5-9-21-11-14)23-17-8-4-3-7-15(16)17/h3-11,13,19,24H,12H2,1-2H3,(H,22,25). The fourth-order valence-electron chi connectivity index (χ4n) is 2.55. The summed E-state index contributed by atoms with van der Waals surface area (Å²) in [7, 11) is 0. The molecule has 0 fully saturated rings. The number of rotatable bonds is 5. The predicted octanol–water partition coefficient (Wildman–Crippen LogP) is 3.04. The molecule has 5 heteroatoms. The molecule has 3 rings (SSSR count). The number of carbonyl (C=O) groups is 1. The van der Waals surface area contributed by atoms with E-state index in [2.05, 4.69) is 15.3 Å². The summed E-state index contributed by atoms with van der Waals surface area (Å²) in [6.45, 7) is 4.05. The van der Waals surface area contributed by atoms with Crippen molar-refractivity contribution in [1.82, 2.24) is 15.3 Å². The zero-order chi connectivity index (χ0) is 17.8. The molecule has 5 nitrogen and oxygen atoms in total. The van der Waals surface area contributed by atoms with Crippen molar-refractivity contribution < 1.29 is 9.90 Å². The van der Waals surface area contributed by atoms with Gasteiger partial charge in [0.15, 0.2) is 0 Å². The van der Waals surface area contributed by atoms with Crippen LogP contribution in [0.3, 0.4) is 0 Å². The molecule has 0 spiro atoms. The molecule has 0 aliphatic carbocycles. The summed E-state index contributed by atoms with van der Waals surface area (Å²) in [6.07, 6.45) is 2.85. The number of aromatic nitrogens is 2. The van der Waals surface area contributed by atoms with Crippen LogP contribution >= 0.6 is 0 Å². The first-order chi connectivity index (χ1) is 12.1. The first-order valence-electron chi connectivity index (χ1n) is 8.32. The molecule has 0 saturated carbocycles. The monoisotopic (exact) mass is 335 g/mol. The molecule has 0 aliphatic heterocycles. The number of pyridine rings is 2. The summed E-state index contributed by atoms with van der Waals surface area (Å²) in [6, 6.07) is 13.1. The molecule has 0 saturated heterocycles. The molecular weight excluding hydrogens is 314 g/mol. The van der Waals surface area contributed by atoms with Crippen molar-refractivity contribution in [2.45, 2.75) is 20.0 Å². The van der Waals surface area contributed by atoms with Crippen LogP contribution in [0.5, 0.6) is 0 Å². The van der Waals surface area contributed by atoms with Gasteiger partial charge in [0.25, 0.3) is 5.91 Å². The minimum Gasteiger partial charge on any atom is -0.391 e. The largest absolute Gasteiger partial charge is 0.391 e. The average Bonchev–Trinajstić information content (AvgIpc) is 2.65. The Labute approximate surface area is 146 Å². The predicted molar refractivity (Wildman–Crippen MR) is 98.2 cm³/mol. The third kappa shape index (κ3) is 3.83. The molecular formula is C20H21N3O2. The lowest BCUT2D eigenvalue weighted by Gasteiger charge is -2.16. The highest BCUT2D eigenvalue weighted by atomic mass is 16.3. The van der Waals surface area contributed by atoms with Crippen LogP contribution in [0.1, 0.15) is 24.2 Å². The van der Waals surface area contributed by atoms with Gasteiger partial charge in [-0.25, -0.2) is 4.98 Å². The van der Waals surface area contributed by atoms with Crippen molar-refractivity contribution in [2.24, 2.45) is 5.92 Å². The zero-order valence-electron chi connectivity index (χ0n) is 14.3. The van der Waals surface area contributed by atoms with Gasteiger partial charge in [-0.3, -0.25) is 9.78 Å². The summed E-state index contributed by atoms with van der Waals surface area (Å²) >= 11 is 0. The van der Waals surface area contributed by atoms with Crippen LogP contribution in [0.15, 0.2) is 54.9 Å². The number of aliphatic hydroxyl groups excluding tert-OH is 1. The van der Waals surface area contributed by atoms with Crippen LogP contribution in [0.4, 0.5) is 0 Å². The Kier molecular flexibility index (Phi) is 5.05. The van der Waals surface area contributed by atoms with Gasteiger partial charge in [-0.2, -0.15) is 0 Å². The fourth-order valence-corrected chi connectivity index (χ4v) is 2.55. The summed E-state index contributed by atoms with van der Waals surface area (Å²) < 4.78 is 0. The van der Waals surface area contributed by atoms with Crippen molar-refractivity contribution in [2.75, 3.05) is 6.54 Å². The van der Waals surface area contributed by atoms with E-state index in [1.54, 1.807) is 18.5 Å². The molecule has 1 unspecified atom stereocenters. The molecule has 1 aromatic carbocycles. The maximum Gasteiger partial charge on any atom is 0.252 e. The van der Waals surface area contributed by atoms with Gasteiger partial charge in [0, 0.05) is 29.9 Å². The molecule has 0 bridgehead atoms. The van der Waals surface area contributed by atoms with Crippen LogP contribution in [-0.4, -0.2) is 33.6 Å². The number of amides is 1. The second kappa shape index (κ2) is 7.40. The highest BCUT2D eigenvalue weighted by molar-refractivity contribution is 6.07. The van der Waals surface area contributed by atoms with Gasteiger partial charge in [-0.15, -0.1) is 0 Å². The topological polar surface area (TPSA) is 75.1 Å². The Bertz CT molecular complexity index is 879. The highest BCUT2D eigenvalue weighted by Gasteiger charge is 2.16. The van der Waals surface area contributed by atoms with Gasteiger partial charge >= 0.3 is 0 Å². The second-order valence-electron chi connectivity index (χ2n) is 6.34. The summed E-state index contributed by atoms with van der Waals surface area (Å²) in [5.74, 6) is -0.135. The highest BCUT2D eigenvalue weighted by Crippen LogP contribution is 2.24. The molecule has 3 aromatic rings. The fraction of sp³-hybridized carbons (Fsp3) is 0.250. The lowest BCUT2D eigenvalue weighted by Crippen LogP contribution is -2.34. The number of fused-ring (bicyclic) bond motifs is 1. The van der Waals surface area contributed by atoms with E-state index in [1.165, 1.54) is 0 Å². The molecule has 1 amide bonds. The number of aliphatic hydroxyl groups is 1. The Morgan fingerprint density at radius 1 is 1.20 bits per heavy atom. The van der Waals surface area contributed by atoms with Gasteiger partial charge in [0.1, 0.15) is 0 Å². The van der Waals surface area contributed by atoms with E-state index in [4.69, 9.17) is 0 Å². The molecule has 1 atom stereocenters. The van der Waals surface area contributed by atoms with Crippen molar-refractivity contribution in [1.29, 1.82) is 0 Å². The van der Waals surface area contributed by atoms with Gasteiger partial charge < -0.3 is 10.4 Å². The van der Waals surface area contributed by atoms with Gasteiger partial charge in [-0.05, 0) is 30.2 Å². The van der Waals surface area contributed by atoms with Crippen molar-refractivity contribution >= 4 is 16.8 Å². The van der Waals surface area contributed by atoms with Gasteiger partial charge in [0.05, 0.1) is 22.9 Å². The minimum atomic E-state index is -0.574. The van der Waals surface area contributed by atoms with E-state index >= 15 is 0 Å². The van der Waals surface area contributed by atoms with E-state index in [0.717, 1.165) is 16.5 Å². The van der Waals surface area contributed by atoms with Crippen LogP contribution < -0.4 is 5.32 Å². The molecule has 128 valence electrons. The number of para-hydroxylation sites is 1. The van der Waals surface area contributed by atoms with Crippen molar-refractivity contribution in [3.8, 4) is 11.3 Å². The zero-order valence-corrected chi connectivity index (χ0v) is 14.3. The second-order valence-corrected chi connectivity index (χ2v) is 6.34. The maximum atomic E-state index is 12.7. The number of hydrogen-bond acceptors (Lipinski definition) is 4. The van der Waals surface area contributed by atoms with Crippen LogP contribution in [0, 0.1) is 5.92 Å². The molecule has 2 heterocycles. The summed E-state index contributed by atoms with van der Waals surface area (Å²) in [5, 5.41) is 13.5. The van der Waals surface area contributed by atoms with E-state index in [9.17, 15) is 9.90 Å². The Morgan fingerprint density at radius 3 is 2.72 bits per heavy atom. The van der Waals surface area contributed by atoms with Crippen molar-refractivity contribution in [3.05, 3.63) is 60.4 Å². The van der Waals surface area contributed by atoms with Crippen LogP contribution in [0.2, 0.25) is 0 Å². The molecule has 25 heavy (non-hydrogen) atoms. The Morgan fingerprint density at radius 2 is 2.00 bits per heavy atom. The maximum absolute atomic E-state index is 12.7. The third-order valence-corrected chi connectivity index (χ3v) is 4.16. The number of carbonyl (C=O) groups excluding carboxylic acids is 1. The van der Waals surface area contributed by atoms with Gasteiger partial charge in [0.2, 0.25) is 0 Å². The van der Waals surface area contributed by atoms with Crippen molar-refractivity contribution in [3.63, 3.8) is 0 Å². The van der Waals surface area contributed by atoms with E-state index in [0.29, 0.717) is 11.3 Å². The Balaban J connectivity index is 1.99. The number of nitrogens with one attached hydrogen (secondary N) is 1. The lowest BCUT2D eigenvalue weighted by molar-refractivity contribution is 0.0873. The molecule has 0 aliphatic rings. The first kappa shape index (κ1) is 17.0. The third-order valence-electron chi connectivity index (χ3n) is 4.16. The normalized spacial score (nSPS) is 12.3. The summed E-state index contributed by atoms with van der Waals surface area (Å²) in [5.41, 5.74) is 2.84. The minimum absolute atomic E-state index is 0.0837. The number of hydrogen-bond donors (Lipinski definition) is 2. The van der Waals surface area contributed by atoms with Gasteiger partial charge in [-0.1, -0.05) is 32.0 Å². The molecule has 2 N–H and O–H groups in total. The average molecular weight is 335 g/mol.